The summed E-state index contributed by atoms with van der Waals surface area (Å²) < 4.78 is 11.9. The van der Waals surface area contributed by atoms with Crippen LogP contribution in [0.1, 0.15) is 50.3 Å². The molecule has 3 aromatic rings. The van der Waals surface area contributed by atoms with Crippen LogP contribution >= 0.6 is 0 Å². The molecule has 1 amide bonds. The van der Waals surface area contributed by atoms with Gasteiger partial charge in [-0.05, 0) is 86.2 Å². The minimum atomic E-state index is -0.512. The maximum atomic E-state index is 12.6. The number of nitrogen functional groups attached to an aromatic ring is 1. The number of ether oxygens (including phenoxy) is 2. The van der Waals surface area contributed by atoms with Crippen LogP contribution in [0.3, 0.4) is 0 Å². The van der Waals surface area contributed by atoms with Crippen LogP contribution in [0.25, 0.3) is 11.1 Å². The molecule has 1 aliphatic rings. The lowest BCUT2D eigenvalue weighted by atomic mass is 9.73. The average molecular weight is 498 g/mol. The molecule has 6 heteroatoms. The van der Waals surface area contributed by atoms with E-state index in [4.69, 9.17) is 20.5 Å². The third-order valence-electron chi connectivity index (χ3n) is 6.77. The summed E-state index contributed by atoms with van der Waals surface area (Å²) in [6.45, 7) is 7.88. The Morgan fingerprint density at radius 1 is 1.00 bits per heavy atom. The molecular weight excluding hydrogens is 462 g/mol. The summed E-state index contributed by atoms with van der Waals surface area (Å²) in [5.41, 5.74) is 11.0. The molecule has 0 radical (unpaired) electrons. The minimum absolute atomic E-state index is 0.184. The molecule has 0 aromatic heterocycles. The van der Waals surface area contributed by atoms with Crippen molar-refractivity contribution in [1.82, 2.24) is 4.90 Å². The molecule has 0 atom stereocenters. The molecule has 0 saturated carbocycles. The molecule has 37 heavy (non-hydrogen) atoms. The second-order valence-electron chi connectivity index (χ2n) is 10.8. The summed E-state index contributed by atoms with van der Waals surface area (Å²) in [6, 6.07) is 26.0. The molecule has 6 nitrogen and oxygen atoms in total. The SMILES string of the molecule is CC(C)(C)OC(=O)N1CCC(COCc2cc(N)cc(-c3ccc(C#N)cc3)c2)(c2ccccc2)CC1. The zero-order valence-corrected chi connectivity index (χ0v) is 21.9. The number of rotatable bonds is 6. The molecule has 4 rings (SSSR count). The highest BCUT2D eigenvalue weighted by atomic mass is 16.6. The first-order valence-electron chi connectivity index (χ1n) is 12.7. The van der Waals surface area contributed by atoms with Crippen molar-refractivity contribution in [1.29, 1.82) is 5.26 Å². The number of nitrogens with two attached hydrogens (primary N) is 1. The molecule has 3 aromatic carbocycles. The maximum Gasteiger partial charge on any atom is 0.410 e. The quantitative estimate of drug-likeness (QED) is 0.404. The zero-order valence-electron chi connectivity index (χ0n) is 21.9. The Labute approximate surface area is 219 Å². The van der Waals surface area contributed by atoms with Crippen LogP contribution in [0.15, 0.2) is 72.8 Å². The molecule has 0 bridgehead atoms. The molecule has 1 heterocycles. The largest absolute Gasteiger partial charge is 0.444 e. The van der Waals surface area contributed by atoms with Gasteiger partial charge in [0, 0.05) is 24.2 Å². The number of hydrogen-bond acceptors (Lipinski definition) is 5. The van der Waals surface area contributed by atoms with Gasteiger partial charge in [0.25, 0.3) is 0 Å². The van der Waals surface area contributed by atoms with Crippen molar-refractivity contribution in [3.63, 3.8) is 0 Å². The van der Waals surface area contributed by atoms with Crippen molar-refractivity contribution < 1.29 is 14.3 Å². The van der Waals surface area contributed by atoms with Gasteiger partial charge in [0.1, 0.15) is 5.60 Å². The van der Waals surface area contributed by atoms with Crippen molar-refractivity contribution in [3.05, 3.63) is 89.5 Å². The molecule has 0 aliphatic carbocycles. The van der Waals surface area contributed by atoms with E-state index in [0.29, 0.717) is 37.6 Å². The number of benzene rings is 3. The number of amides is 1. The van der Waals surface area contributed by atoms with Crippen molar-refractivity contribution in [3.8, 4) is 17.2 Å². The van der Waals surface area contributed by atoms with Crippen LogP contribution in [-0.4, -0.2) is 36.3 Å². The van der Waals surface area contributed by atoms with E-state index < -0.39 is 5.60 Å². The summed E-state index contributed by atoms with van der Waals surface area (Å²) >= 11 is 0. The number of anilines is 1. The first-order chi connectivity index (χ1) is 17.7. The predicted molar refractivity (Wildman–Crippen MR) is 146 cm³/mol. The van der Waals surface area contributed by atoms with E-state index in [-0.39, 0.29) is 11.5 Å². The third kappa shape index (κ3) is 6.69. The molecule has 1 saturated heterocycles. The fourth-order valence-corrected chi connectivity index (χ4v) is 4.82. The Hall–Kier alpha value is -3.82. The fourth-order valence-electron chi connectivity index (χ4n) is 4.82. The van der Waals surface area contributed by atoms with Gasteiger partial charge in [0.2, 0.25) is 0 Å². The van der Waals surface area contributed by atoms with E-state index in [1.807, 2.05) is 63.2 Å². The topological polar surface area (TPSA) is 88.6 Å². The lowest BCUT2D eigenvalue weighted by Crippen LogP contribution is -2.48. The van der Waals surface area contributed by atoms with Crippen LogP contribution in [0.2, 0.25) is 0 Å². The second kappa shape index (κ2) is 11.1. The van der Waals surface area contributed by atoms with Gasteiger partial charge >= 0.3 is 6.09 Å². The van der Waals surface area contributed by atoms with Gasteiger partial charge in [-0.3, -0.25) is 0 Å². The van der Waals surface area contributed by atoms with Crippen LogP contribution in [-0.2, 0) is 21.5 Å². The van der Waals surface area contributed by atoms with Crippen molar-refractivity contribution in [2.75, 3.05) is 25.4 Å². The third-order valence-corrected chi connectivity index (χ3v) is 6.77. The lowest BCUT2D eigenvalue weighted by molar-refractivity contribution is 0.00335. The smallest absolute Gasteiger partial charge is 0.410 e. The summed E-state index contributed by atoms with van der Waals surface area (Å²) in [5, 5.41) is 9.07. The lowest BCUT2D eigenvalue weighted by Gasteiger charge is -2.42. The second-order valence-corrected chi connectivity index (χ2v) is 10.8. The molecule has 192 valence electrons. The van der Waals surface area contributed by atoms with Gasteiger partial charge in [-0.2, -0.15) is 5.26 Å². The first-order valence-corrected chi connectivity index (χ1v) is 12.7. The number of carbonyl (C=O) groups is 1. The van der Waals surface area contributed by atoms with Gasteiger partial charge in [0.05, 0.1) is 24.8 Å². The summed E-state index contributed by atoms with van der Waals surface area (Å²) in [4.78, 5) is 14.4. The van der Waals surface area contributed by atoms with E-state index in [1.54, 1.807) is 4.90 Å². The van der Waals surface area contributed by atoms with Gasteiger partial charge in [-0.25, -0.2) is 4.79 Å². The number of carbonyl (C=O) groups excluding carboxylic acids is 1. The number of likely N-dealkylation sites (tertiary alicyclic amines) is 1. The highest BCUT2D eigenvalue weighted by Crippen LogP contribution is 2.37. The fraction of sp³-hybridized carbons (Fsp3) is 0.355. The summed E-state index contributed by atoms with van der Waals surface area (Å²) in [6.07, 6.45) is 1.33. The van der Waals surface area contributed by atoms with E-state index in [2.05, 4.69) is 36.4 Å². The van der Waals surface area contributed by atoms with Gasteiger partial charge < -0.3 is 20.1 Å². The first kappa shape index (κ1) is 26.2. The van der Waals surface area contributed by atoms with Gasteiger partial charge in [-0.1, -0.05) is 42.5 Å². The van der Waals surface area contributed by atoms with Crippen LogP contribution in [0.5, 0.6) is 0 Å². The Bertz CT molecular complexity index is 1250. The standard InChI is InChI=1S/C31H35N3O3/c1-30(2,3)37-29(35)34-15-13-31(14-16-34,27-7-5-4-6-8-27)22-36-21-24-17-26(19-28(33)18-24)25-11-9-23(20-32)10-12-25/h4-12,17-19H,13-16,21-22,33H2,1-3H3. The highest BCUT2D eigenvalue weighted by Gasteiger charge is 2.38. The van der Waals surface area contributed by atoms with E-state index >= 15 is 0 Å². The molecule has 1 aliphatic heterocycles. The van der Waals surface area contributed by atoms with Crippen LogP contribution < -0.4 is 5.73 Å². The Morgan fingerprint density at radius 3 is 2.30 bits per heavy atom. The van der Waals surface area contributed by atoms with Gasteiger partial charge in [-0.15, -0.1) is 0 Å². The average Bonchev–Trinajstić information content (AvgIpc) is 2.88. The monoisotopic (exact) mass is 497 g/mol. The molecule has 2 N–H and O–H groups in total. The summed E-state index contributed by atoms with van der Waals surface area (Å²) in [7, 11) is 0. The van der Waals surface area contributed by atoms with E-state index in [1.165, 1.54) is 5.56 Å². The maximum absolute atomic E-state index is 12.6. The van der Waals surface area contributed by atoms with Crippen LogP contribution in [0.4, 0.5) is 10.5 Å². The highest BCUT2D eigenvalue weighted by molar-refractivity contribution is 5.69. The summed E-state index contributed by atoms with van der Waals surface area (Å²) in [5.74, 6) is 0. The normalized spacial score (nSPS) is 15.1. The molecular formula is C31H35N3O3. The number of nitriles is 1. The molecule has 0 unspecified atom stereocenters. The Kier molecular flexibility index (Phi) is 7.85. The minimum Gasteiger partial charge on any atom is -0.444 e. The number of piperidine rings is 1. The van der Waals surface area contributed by atoms with Crippen LogP contribution in [0, 0.1) is 11.3 Å². The van der Waals surface area contributed by atoms with Crippen molar-refractivity contribution in [2.24, 2.45) is 0 Å². The Morgan fingerprint density at radius 2 is 1.68 bits per heavy atom. The van der Waals surface area contributed by atoms with E-state index in [0.717, 1.165) is 29.5 Å². The number of hydrogen-bond donors (Lipinski definition) is 1. The van der Waals surface area contributed by atoms with Gasteiger partial charge in [0.15, 0.2) is 0 Å². The number of nitrogens with zero attached hydrogens (tertiary/aromatic N) is 2. The zero-order chi connectivity index (χ0) is 26.5. The van der Waals surface area contributed by atoms with Crippen molar-refractivity contribution >= 4 is 11.8 Å². The predicted octanol–water partition coefficient (Wildman–Crippen LogP) is 6.29. The van der Waals surface area contributed by atoms with E-state index in [9.17, 15) is 4.79 Å². The molecule has 1 fully saturated rings. The molecule has 0 spiro atoms. The Balaban J connectivity index is 1.46. The van der Waals surface area contributed by atoms with Crippen molar-refractivity contribution in [2.45, 2.75) is 51.2 Å².